The normalized spacial score (nSPS) is 39.7. The van der Waals surface area contributed by atoms with E-state index >= 15 is 0 Å². The molecule has 4 atom stereocenters. The van der Waals surface area contributed by atoms with Crippen LogP contribution >= 0.6 is 0 Å². The molecule has 1 heteroatoms. The van der Waals surface area contributed by atoms with Crippen molar-refractivity contribution in [2.24, 2.45) is 23.7 Å². The summed E-state index contributed by atoms with van der Waals surface area (Å²) in [5.41, 5.74) is 0. The molecule has 2 bridgehead atoms. The predicted molar refractivity (Wildman–Crippen MR) is 73.0 cm³/mol. The lowest BCUT2D eigenvalue weighted by atomic mass is 9.83. The van der Waals surface area contributed by atoms with E-state index in [9.17, 15) is 0 Å². The summed E-state index contributed by atoms with van der Waals surface area (Å²) in [5, 5.41) is 3.88. The molecule has 0 saturated heterocycles. The van der Waals surface area contributed by atoms with Crippen LogP contribution in [0.2, 0.25) is 0 Å². The minimum absolute atomic E-state index is 0.773. The maximum Gasteiger partial charge on any atom is 0.00671 e. The first-order valence-electron chi connectivity index (χ1n) is 8.06. The highest BCUT2D eigenvalue weighted by molar-refractivity contribution is 4.91. The van der Waals surface area contributed by atoms with Gasteiger partial charge in [-0.15, -0.1) is 0 Å². The third kappa shape index (κ3) is 2.70. The fourth-order valence-electron chi connectivity index (χ4n) is 4.76. The first-order chi connectivity index (χ1) is 8.33. The van der Waals surface area contributed by atoms with Gasteiger partial charge in [-0.3, -0.25) is 0 Å². The number of fused-ring (bicyclic) bond motifs is 2. The Balaban J connectivity index is 1.41. The Hall–Kier alpha value is -0.0400. The minimum Gasteiger partial charge on any atom is -0.314 e. The molecule has 1 nitrogen and oxygen atoms in total. The van der Waals surface area contributed by atoms with Crippen LogP contribution in [-0.2, 0) is 0 Å². The molecule has 0 aromatic carbocycles. The van der Waals surface area contributed by atoms with Crippen LogP contribution in [0.1, 0.15) is 64.7 Å². The fourth-order valence-corrected chi connectivity index (χ4v) is 4.76. The molecule has 0 aliphatic heterocycles. The summed E-state index contributed by atoms with van der Waals surface area (Å²) in [6.07, 6.45) is 13.6. The lowest BCUT2D eigenvalue weighted by Gasteiger charge is -2.31. The van der Waals surface area contributed by atoms with Crippen LogP contribution in [0, 0.1) is 23.7 Å². The summed E-state index contributed by atoms with van der Waals surface area (Å²) < 4.78 is 0. The molecule has 1 N–H and O–H groups in total. The lowest BCUT2D eigenvalue weighted by molar-refractivity contribution is 0.250. The lowest BCUT2D eigenvalue weighted by Crippen LogP contribution is -2.38. The zero-order valence-corrected chi connectivity index (χ0v) is 11.5. The smallest absolute Gasteiger partial charge is 0.00671 e. The van der Waals surface area contributed by atoms with Gasteiger partial charge >= 0.3 is 0 Å². The number of nitrogens with one attached hydrogen (secondary N) is 1. The van der Waals surface area contributed by atoms with Crippen LogP contribution in [0.4, 0.5) is 0 Å². The molecule has 3 aliphatic carbocycles. The molecule has 0 spiro atoms. The van der Waals surface area contributed by atoms with Crippen molar-refractivity contribution in [2.45, 2.75) is 70.8 Å². The molecule has 98 valence electrons. The van der Waals surface area contributed by atoms with Crippen LogP contribution in [-0.4, -0.2) is 12.6 Å². The molecule has 3 saturated carbocycles. The average molecular weight is 235 g/mol. The molecular formula is C16H29N. The predicted octanol–water partition coefficient (Wildman–Crippen LogP) is 3.98. The van der Waals surface area contributed by atoms with Crippen LogP contribution in [0.15, 0.2) is 0 Å². The van der Waals surface area contributed by atoms with Gasteiger partial charge in [0.2, 0.25) is 0 Å². The Morgan fingerprint density at radius 1 is 1.00 bits per heavy atom. The van der Waals surface area contributed by atoms with E-state index in [0.717, 1.165) is 29.7 Å². The van der Waals surface area contributed by atoms with Crippen molar-refractivity contribution in [3.05, 3.63) is 0 Å². The van der Waals surface area contributed by atoms with Gasteiger partial charge in [0, 0.05) is 6.04 Å². The van der Waals surface area contributed by atoms with Crippen LogP contribution in [0.25, 0.3) is 0 Å². The highest BCUT2D eigenvalue weighted by Gasteiger charge is 2.39. The number of hydrogen-bond donors (Lipinski definition) is 1. The Morgan fingerprint density at radius 2 is 1.82 bits per heavy atom. The van der Waals surface area contributed by atoms with E-state index in [4.69, 9.17) is 0 Å². The van der Waals surface area contributed by atoms with E-state index in [-0.39, 0.29) is 0 Å². The highest BCUT2D eigenvalue weighted by Crippen LogP contribution is 2.48. The van der Waals surface area contributed by atoms with Gasteiger partial charge in [0.25, 0.3) is 0 Å². The number of rotatable bonds is 4. The summed E-state index contributed by atoms with van der Waals surface area (Å²) in [4.78, 5) is 0. The zero-order chi connectivity index (χ0) is 11.7. The molecule has 0 amide bonds. The van der Waals surface area contributed by atoms with Crippen LogP contribution in [0.3, 0.4) is 0 Å². The molecule has 17 heavy (non-hydrogen) atoms. The van der Waals surface area contributed by atoms with Crippen molar-refractivity contribution in [2.75, 3.05) is 6.54 Å². The SMILES string of the molecule is C[C@@H](NCC1CC2CCC1C2)C1CCCCC1. The van der Waals surface area contributed by atoms with Crippen molar-refractivity contribution in [3.63, 3.8) is 0 Å². The van der Waals surface area contributed by atoms with Gasteiger partial charge in [-0.05, 0) is 69.2 Å². The van der Waals surface area contributed by atoms with E-state index in [2.05, 4.69) is 12.2 Å². The molecule has 3 unspecified atom stereocenters. The molecule has 3 aliphatic rings. The Labute approximate surface area is 107 Å². The minimum atomic E-state index is 0.773. The Morgan fingerprint density at radius 3 is 2.47 bits per heavy atom. The highest BCUT2D eigenvalue weighted by atomic mass is 14.9. The van der Waals surface area contributed by atoms with Gasteiger partial charge in [0.15, 0.2) is 0 Å². The van der Waals surface area contributed by atoms with Gasteiger partial charge in [-0.2, -0.15) is 0 Å². The summed E-state index contributed by atoms with van der Waals surface area (Å²) in [5.74, 6) is 4.20. The largest absolute Gasteiger partial charge is 0.314 e. The van der Waals surface area contributed by atoms with Gasteiger partial charge < -0.3 is 5.32 Å². The third-order valence-electron chi connectivity index (χ3n) is 5.94. The van der Waals surface area contributed by atoms with E-state index in [1.807, 2.05) is 0 Å². The zero-order valence-electron chi connectivity index (χ0n) is 11.5. The number of hydrogen-bond acceptors (Lipinski definition) is 1. The summed E-state index contributed by atoms with van der Waals surface area (Å²) in [6, 6.07) is 0.773. The molecule has 0 aromatic rings. The van der Waals surface area contributed by atoms with Crippen molar-refractivity contribution >= 4 is 0 Å². The quantitative estimate of drug-likeness (QED) is 0.777. The summed E-state index contributed by atoms with van der Waals surface area (Å²) in [7, 11) is 0. The van der Waals surface area contributed by atoms with Crippen LogP contribution < -0.4 is 5.32 Å². The van der Waals surface area contributed by atoms with E-state index < -0.39 is 0 Å². The van der Waals surface area contributed by atoms with Crippen molar-refractivity contribution in [1.82, 2.24) is 5.32 Å². The maximum absolute atomic E-state index is 3.88. The molecule has 0 aromatic heterocycles. The van der Waals surface area contributed by atoms with E-state index in [1.54, 1.807) is 12.8 Å². The molecule has 0 radical (unpaired) electrons. The van der Waals surface area contributed by atoms with Crippen molar-refractivity contribution < 1.29 is 0 Å². The standard InChI is InChI=1S/C16H29N/c1-12(14-5-3-2-4-6-14)17-11-16-10-13-7-8-15(16)9-13/h12-17H,2-11H2,1H3/t12-,13?,15?,16?/m1/s1. The monoisotopic (exact) mass is 235 g/mol. The Bertz CT molecular complexity index is 244. The topological polar surface area (TPSA) is 12.0 Å². The van der Waals surface area contributed by atoms with Gasteiger partial charge in [0.05, 0.1) is 0 Å². The maximum atomic E-state index is 3.88. The average Bonchev–Trinajstić information content (AvgIpc) is 2.99. The molecular weight excluding hydrogens is 206 g/mol. The Kier molecular flexibility index (Phi) is 3.75. The molecule has 3 fully saturated rings. The molecule has 0 heterocycles. The van der Waals surface area contributed by atoms with Crippen molar-refractivity contribution in [3.8, 4) is 0 Å². The third-order valence-corrected chi connectivity index (χ3v) is 5.94. The second-order valence-corrected chi connectivity index (χ2v) is 7.03. The second kappa shape index (κ2) is 5.30. The second-order valence-electron chi connectivity index (χ2n) is 7.03. The van der Waals surface area contributed by atoms with E-state index in [0.29, 0.717) is 0 Å². The van der Waals surface area contributed by atoms with Gasteiger partial charge in [-0.1, -0.05) is 25.7 Å². The first kappa shape index (κ1) is 12.0. The van der Waals surface area contributed by atoms with E-state index in [1.165, 1.54) is 51.5 Å². The molecule has 3 rings (SSSR count). The first-order valence-corrected chi connectivity index (χ1v) is 8.06. The fraction of sp³-hybridized carbons (Fsp3) is 1.00. The van der Waals surface area contributed by atoms with Gasteiger partial charge in [-0.25, -0.2) is 0 Å². The van der Waals surface area contributed by atoms with Gasteiger partial charge in [0.1, 0.15) is 0 Å². The van der Waals surface area contributed by atoms with Crippen molar-refractivity contribution in [1.29, 1.82) is 0 Å². The summed E-state index contributed by atoms with van der Waals surface area (Å²) in [6.45, 7) is 3.75. The summed E-state index contributed by atoms with van der Waals surface area (Å²) >= 11 is 0. The van der Waals surface area contributed by atoms with Crippen LogP contribution in [0.5, 0.6) is 0 Å².